The minimum atomic E-state index is -0.935. The number of aliphatic carboxylic acids is 1. The monoisotopic (exact) mass is 368 g/mol. The number of benzene rings is 1. The Labute approximate surface area is 151 Å². The maximum absolute atomic E-state index is 13.6. The van der Waals surface area contributed by atoms with Gasteiger partial charge in [-0.1, -0.05) is 0 Å². The zero-order chi connectivity index (χ0) is 19.2. The van der Waals surface area contributed by atoms with Crippen LogP contribution < -0.4 is 15.4 Å². The third-order valence-electron chi connectivity index (χ3n) is 4.05. The Kier molecular flexibility index (Phi) is 6.79. The molecule has 0 saturated carbocycles. The van der Waals surface area contributed by atoms with Crippen molar-refractivity contribution in [3.05, 3.63) is 24.0 Å². The van der Waals surface area contributed by atoms with Crippen molar-refractivity contribution in [3.8, 4) is 5.75 Å². The SMILES string of the molecule is CC(C)(CCC(=O)O)NC(=O)Nc1cc(F)ccc1OCC1CCCO1. The maximum atomic E-state index is 13.6. The number of carboxylic acids is 1. The number of urea groups is 1. The van der Waals surface area contributed by atoms with Crippen molar-refractivity contribution < 1.29 is 28.6 Å². The fourth-order valence-corrected chi connectivity index (χ4v) is 2.63. The minimum Gasteiger partial charge on any atom is -0.489 e. The van der Waals surface area contributed by atoms with Crippen LogP contribution in [0.15, 0.2) is 18.2 Å². The summed E-state index contributed by atoms with van der Waals surface area (Å²) >= 11 is 0. The van der Waals surface area contributed by atoms with E-state index < -0.39 is 23.4 Å². The minimum absolute atomic E-state index is 0.00307. The number of hydrogen-bond donors (Lipinski definition) is 3. The summed E-state index contributed by atoms with van der Waals surface area (Å²) in [5.74, 6) is -1.09. The molecule has 0 aromatic heterocycles. The van der Waals surface area contributed by atoms with E-state index in [0.29, 0.717) is 19.0 Å². The molecule has 1 atom stereocenters. The van der Waals surface area contributed by atoms with Gasteiger partial charge in [-0.15, -0.1) is 0 Å². The fourth-order valence-electron chi connectivity index (χ4n) is 2.63. The molecule has 1 fully saturated rings. The Morgan fingerprint density at radius 3 is 2.85 bits per heavy atom. The van der Waals surface area contributed by atoms with Crippen molar-refractivity contribution in [3.63, 3.8) is 0 Å². The van der Waals surface area contributed by atoms with Crippen LogP contribution >= 0.6 is 0 Å². The van der Waals surface area contributed by atoms with Gasteiger partial charge in [-0.2, -0.15) is 0 Å². The van der Waals surface area contributed by atoms with Crippen LogP contribution in [-0.4, -0.2) is 42.0 Å². The van der Waals surface area contributed by atoms with E-state index in [9.17, 15) is 14.0 Å². The van der Waals surface area contributed by atoms with E-state index in [2.05, 4.69) is 10.6 Å². The smallest absolute Gasteiger partial charge is 0.319 e. The number of carbonyl (C=O) groups excluding carboxylic acids is 1. The lowest BCUT2D eigenvalue weighted by atomic mass is 9.99. The average molecular weight is 368 g/mol. The number of carboxylic acid groups (broad SMARTS) is 1. The van der Waals surface area contributed by atoms with Gasteiger partial charge in [0.1, 0.15) is 18.2 Å². The van der Waals surface area contributed by atoms with Gasteiger partial charge >= 0.3 is 12.0 Å². The van der Waals surface area contributed by atoms with Crippen LogP contribution in [-0.2, 0) is 9.53 Å². The van der Waals surface area contributed by atoms with Crippen LogP contribution in [0.3, 0.4) is 0 Å². The summed E-state index contributed by atoms with van der Waals surface area (Å²) in [4.78, 5) is 22.9. The van der Waals surface area contributed by atoms with E-state index >= 15 is 0 Å². The topological polar surface area (TPSA) is 96.9 Å². The van der Waals surface area contributed by atoms with Gasteiger partial charge in [-0.3, -0.25) is 4.79 Å². The summed E-state index contributed by atoms with van der Waals surface area (Å²) in [6.07, 6.45) is 2.08. The van der Waals surface area contributed by atoms with Crippen LogP contribution in [0.2, 0.25) is 0 Å². The lowest BCUT2D eigenvalue weighted by Crippen LogP contribution is -2.45. The van der Waals surface area contributed by atoms with Gasteiger partial charge in [0, 0.05) is 24.6 Å². The molecule has 1 saturated heterocycles. The summed E-state index contributed by atoms with van der Waals surface area (Å²) in [5.41, 5.74) is -0.524. The van der Waals surface area contributed by atoms with Crippen LogP contribution in [0.5, 0.6) is 5.75 Å². The normalized spacial score (nSPS) is 17.0. The highest BCUT2D eigenvalue weighted by Crippen LogP contribution is 2.27. The van der Waals surface area contributed by atoms with Gasteiger partial charge in [0.15, 0.2) is 0 Å². The lowest BCUT2D eigenvalue weighted by Gasteiger charge is -2.26. The first-order chi connectivity index (χ1) is 12.2. The van der Waals surface area contributed by atoms with Gasteiger partial charge in [0.25, 0.3) is 0 Å². The summed E-state index contributed by atoms with van der Waals surface area (Å²) in [7, 11) is 0. The second-order valence-corrected chi connectivity index (χ2v) is 6.94. The molecule has 1 heterocycles. The number of halogens is 1. The van der Waals surface area contributed by atoms with Crippen molar-refractivity contribution in [2.75, 3.05) is 18.5 Å². The largest absolute Gasteiger partial charge is 0.489 e. The molecule has 2 amide bonds. The van der Waals surface area contributed by atoms with Gasteiger partial charge < -0.3 is 25.2 Å². The fraction of sp³-hybridized carbons (Fsp3) is 0.556. The second-order valence-electron chi connectivity index (χ2n) is 6.94. The molecule has 7 nitrogen and oxygen atoms in total. The van der Waals surface area contributed by atoms with E-state index in [1.54, 1.807) is 13.8 Å². The molecule has 0 spiro atoms. The van der Waals surface area contributed by atoms with E-state index in [4.69, 9.17) is 14.6 Å². The van der Waals surface area contributed by atoms with Crippen molar-refractivity contribution in [2.45, 2.75) is 51.2 Å². The molecule has 144 valence electrons. The summed E-state index contributed by atoms with van der Waals surface area (Å²) in [6.45, 7) is 4.47. The second kappa shape index (κ2) is 8.84. The molecule has 1 aromatic rings. The van der Waals surface area contributed by atoms with E-state index in [-0.39, 0.29) is 24.6 Å². The third kappa shape index (κ3) is 6.51. The Morgan fingerprint density at radius 2 is 2.19 bits per heavy atom. The molecule has 1 unspecified atom stereocenters. The molecule has 3 N–H and O–H groups in total. The molecular weight excluding hydrogens is 343 g/mol. The third-order valence-corrected chi connectivity index (χ3v) is 4.05. The zero-order valence-corrected chi connectivity index (χ0v) is 15.0. The van der Waals surface area contributed by atoms with Gasteiger partial charge in [-0.05, 0) is 45.2 Å². The molecule has 0 radical (unpaired) electrons. The Hall–Kier alpha value is -2.35. The number of anilines is 1. The first-order valence-corrected chi connectivity index (χ1v) is 8.60. The van der Waals surface area contributed by atoms with Crippen molar-refractivity contribution >= 4 is 17.7 Å². The van der Waals surface area contributed by atoms with Crippen LogP contribution in [0.25, 0.3) is 0 Å². The highest BCUT2D eigenvalue weighted by atomic mass is 19.1. The predicted octanol–water partition coefficient (Wildman–Crippen LogP) is 3.15. The molecule has 0 bridgehead atoms. The van der Waals surface area contributed by atoms with E-state index in [1.807, 2.05) is 0 Å². The lowest BCUT2D eigenvalue weighted by molar-refractivity contribution is -0.137. The highest BCUT2D eigenvalue weighted by molar-refractivity contribution is 5.91. The molecule has 0 aliphatic carbocycles. The van der Waals surface area contributed by atoms with Gasteiger partial charge in [0.2, 0.25) is 0 Å². The Balaban J connectivity index is 1.96. The standard InChI is InChI=1S/C18H25FN2O5/c1-18(2,8-7-16(22)23)21-17(24)20-14-10-12(19)5-6-15(14)26-11-13-4-3-9-25-13/h5-6,10,13H,3-4,7-9,11H2,1-2H3,(H,22,23)(H2,20,21,24). The molecule has 1 aromatic carbocycles. The molecule has 1 aliphatic heterocycles. The first-order valence-electron chi connectivity index (χ1n) is 8.60. The first kappa shape index (κ1) is 20.0. The number of hydrogen-bond acceptors (Lipinski definition) is 4. The van der Waals surface area contributed by atoms with Gasteiger partial charge in [-0.25, -0.2) is 9.18 Å². The van der Waals surface area contributed by atoms with E-state index in [0.717, 1.165) is 12.8 Å². The van der Waals surface area contributed by atoms with Crippen LogP contribution in [0.4, 0.5) is 14.9 Å². The molecule has 8 heteroatoms. The number of carbonyl (C=O) groups is 2. The van der Waals surface area contributed by atoms with Crippen molar-refractivity contribution in [1.82, 2.24) is 5.32 Å². The number of ether oxygens (including phenoxy) is 2. The quantitative estimate of drug-likeness (QED) is 0.655. The van der Waals surface area contributed by atoms with Crippen molar-refractivity contribution in [1.29, 1.82) is 0 Å². The van der Waals surface area contributed by atoms with Crippen LogP contribution in [0, 0.1) is 5.82 Å². The Morgan fingerprint density at radius 1 is 1.42 bits per heavy atom. The molecule has 26 heavy (non-hydrogen) atoms. The summed E-state index contributed by atoms with van der Waals surface area (Å²) in [5, 5.41) is 14.0. The van der Waals surface area contributed by atoms with Crippen molar-refractivity contribution in [2.24, 2.45) is 0 Å². The summed E-state index contributed by atoms with van der Waals surface area (Å²) in [6, 6.07) is 3.32. The maximum Gasteiger partial charge on any atom is 0.319 e. The molecule has 1 aliphatic rings. The molecule has 2 rings (SSSR count). The molecular formula is C18H25FN2O5. The highest BCUT2D eigenvalue weighted by Gasteiger charge is 2.23. The Bertz CT molecular complexity index is 644. The number of nitrogens with one attached hydrogen (secondary N) is 2. The van der Waals surface area contributed by atoms with Crippen LogP contribution in [0.1, 0.15) is 39.5 Å². The average Bonchev–Trinajstić information content (AvgIpc) is 3.05. The van der Waals surface area contributed by atoms with E-state index in [1.165, 1.54) is 18.2 Å². The zero-order valence-electron chi connectivity index (χ0n) is 15.0. The summed E-state index contributed by atoms with van der Waals surface area (Å²) < 4.78 is 24.7. The predicted molar refractivity (Wildman–Crippen MR) is 94.0 cm³/mol. The number of amides is 2. The van der Waals surface area contributed by atoms with Gasteiger partial charge in [0.05, 0.1) is 11.8 Å². The number of rotatable bonds is 8.